The second kappa shape index (κ2) is 11.6. The number of hydrogen-bond acceptors (Lipinski definition) is 6. The summed E-state index contributed by atoms with van der Waals surface area (Å²) in [4.78, 5) is 0. The van der Waals surface area contributed by atoms with Crippen molar-refractivity contribution >= 4 is 30.1 Å². The van der Waals surface area contributed by atoms with Gasteiger partial charge in [-0.2, -0.15) is 5.26 Å². The maximum Gasteiger partial charge on any atom is 0.259 e. The second-order valence-corrected chi connectivity index (χ2v) is 13.7. The van der Waals surface area contributed by atoms with Crippen molar-refractivity contribution in [1.82, 2.24) is 4.67 Å². The van der Waals surface area contributed by atoms with Crippen LogP contribution in [0.4, 0.5) is 0 Å². The minimum Gasteiger partial charge on any atom is -0.321 e. The van der Waals surface area contributed by atoms with Crippen molar-refractivity contribution < 1.29 is 9.05 Å². The molecule has 1 heterocycles. The topological polar surface area (TPSA) is 45.5 Å². The van der Waals surface area contributed by atoms with E-state index in [4.69, 9.17) is 14.3 Å². The molecule has 7 heteroatoms. The van der Waals surface area contributed by atoms with Crippen molar-refractivity contribution in [2.75, 3.05) is 6.61 Å². The van der Waals surface area contributed by atoms with E-state index in [1.54, 1.807) is 0 Å². The average Bonchev–Trinajstić information content (AvgIpc) is 3.06. The Morgan fingerprint density at radius 3 is 1.91 bits per heavy atom. The Morgan fingerprint density at radius 1 is 0.939 bits per heavy atom. The van der Waals surface area contributed by atoms with Gasteiger partial charge >= 0.3 is 0 Å². The standard InChI is InChI=1S/C26H35N2O2PS2/c1-20(2)28(21(3)4)31(29-19-13-18-27)30-24-25(5,6)32-33-26(24,22-14-9-7-10-15-22)23-16-11-8-12-17-23/h7-12,14-17,20-21,24H,13,19H2,1-6H3/t24-,31?/m0/s1. The number of nitriles is 1. The lowest BCUT2D eigenvalue weighted by Gasteiger charge is -2.43. The lowest BCUT2D eigenvalue weighted by Crippen LogP contribution is -2.46. The van der Waals surface area contributed by atoms with Gasteiger partial charge < -0.3 is 9.05 Å². The molecule has 1 fully saturated rings. The fourth-order valence-electron chi connectivity index (χ4n) is 4.27. The van der Waals surface area contributed by atoms with Crippen molar-refractivity contribution in [2.24, 2.45) is 0 Å². The summed E-state index contributed by atoms with van der Waals surface area (Å²) in [6.45, 7) is 13.6. The SMILES string of the molecule is CC(C)N(C(C)C)P(OCCC#N)O[C@H]1C(C)(C)SSC1(c1ccccc1)c1ccccc1. The van der Waals surface area contributed by atoms with Crippen LogP contribution in [-0.2, 0) is 13.8 Å². The number of hydrogen-bond donors (Lipinski definition) is 0. The Morgan fingerprint density at radius 2 is 1.45 bits per heavy atom. The van der Waals surface area contributed by atoms with Gasteiger partial charge in [0, 0.05) is 16.8 Å². The van der Waals surface area contributed by atoms with E-state index in [-0.39, 0.29) is 27.7 Å². The molecule has 33 heavy (non-hydrogen) atoms. The molecule has 178 valence electrons. The molecule has 1 unspecified atom stereocenters. The van der Waals surface area contributed by atoms with Crippen LogP contribution >= 0.6 is 30.1 Å². The second-order valence-electron chi connectivity index (χ2n) is 9.27. The first kappa shape index (κ1) is 26.5. The summed E-state index contributed by atoms with van der Waals surface area (Å²) in [5, 5.41) is 9.10. The molecule has 2 atom stereocenters. The molecule has 0 spiro atoms. The van der Waals surface area contributed by atoms with E-state index in [9.17, 15) is 0 Å². The molecule has 0 N–H and O–H groups in total. The van der Waals surface area contributed by atoms with Gasteiger partial charge in [0.25, 0.3) is 8.53 Å². The molecule has 0 radical (unpaired) electrons. The predicted molar refractivity (Wildman–Crippen MR) is 143 cm³/mol. The molecule has 0 saturated carbocycles. The number of nitrogens with zero attached hydrogens (tertiary/aromatic N) is 2. The van der Waals surface area contributed by atoms with Crippen molar-refractivity contribution in [1.29, 1.82) is 5.26 Å². The fourth-order valence-corrected chi connectivity index (χ4v) is 10.1. The molecule has 1 saturated heterocycles. The quantitative estimate of drug-likeness (QED) is 0.188. The highest BCUT2D eigenvalue weighted by Crippen LogP contribution is 2.68. The third-order valence-corrected chi connectivity index (χ3v) is 11.7. The minimum atomic E-state index is -1.37. The van der Waals surface area contributed by atoms with Crippen LogP contribution in [0, 0.1) is 11.3 Å². The minimum absolute atomic E-state index is 0.141. The fraction of sp³-hybridized carbons (Fsp3) is 0.500. The van der Waals surface area contributed by atoms with Gasteiger partial charge in [0.1, 0.15) is 10.9 Å². The first-order valence-corrected chi connectivity index (χ1v) is 14.7. The lowest BCUT2D eigenvalue weighted by molar-refractivity contribution is 0.0981. The first-order chi connectivity index (χ1) is 15.7. The van der Waals surface area contributed by atoms with Crippen molar-refractivity contribution in [3.05, 3.63) is 71.8 Å². The van der Waals surface area contributed by atoms with E-state index >= 15 is 0 Å². The normalized spacial score (nSPS) is 20.3. The van der Waals surface area contributed by atoms with Crippen molar-refractivity contribution in [3.63, 3.8) is 0 Å². The predicted octanol–water partition coefficient (Wildman–Crippen LogP) is 7.76. The smallest absolute Gasteiger partial charge is 0.259 e. The van der Waals surface area contributed by atoms with Crippen LogP contribution in [0.3, 0.4) is 0 Å². The van der Waals surface area contributed by atoms with Gasteiger partial charge in [-0.1, -0.05) is 82.3 Å². The Labute approximate surface area is 208 Å². The van der Waals surface area contributed by atoms with E-state index in [1.807, 2.05) is 21.6 Å². The molecule has 1 aliphatic rings. The van der Waals surface area contributed by atoms with Crippen LogP contribution < -0.4 is 0 Å². The van der Waals surface area contributed by atoms with Gasteiger partial charge in [-0.3, -0.25) is 0 Å². The summed E-state index contributed by atoms with van der Waals surface area (Å²) in [6.07, 6.45) is 0.213. The maximum atomic E-state index is 9.10. The van der Waals surface area contributed by atoms with E-state index < -0.39 is 8.53 Å². The molecule has 2 aromatic rings. The molecule has 1 aliphatic heterocycles. The summed E-state index contributed by atoms with van der Waals surface area (Å²) in [6, 6.07) is 24.1. The molecular formula is C26H35N2O2PS2. The van der Waals surface area contributed by atoms with Gasteiger partial charge in [0.05, 0.1) is 19.1 Å². The highest BCUT2D eigenvalue weighted by atomic mass is 33.1. The summed E-state index contributed by atoms with van der Waals surface area (Å²) < 4.78 is 15.2. The molecule has 0 aliphatic carbocycles. The van der Waals surface area contributed by atoms with Crippen LogP contribution in [0.5, 0.6) is 0 Å². The summed E-state index contributed by atoms with van der Waals surface area (Å²) in [5.41, 5.74) is 2.47. The van der Waals surface area contributed by atoms with Crippen molar-refractivity contribution in [2.45, 2.75) is 75.6 Å². The monoisotopic (exact) mass is 502 g/mol. The van der Waals surface area contributed by atoms with E-state index in [0.717, 1.165) is 0 Å². The third kappa shape index (κ3) is 5.78. The van der Waals surface area contributed by atoms with E-state index in [0.29, 0.717) is 13.0 Å². The Hall–Kier alpha value is -1.06. The zero-order chi connectivity index (χ0) is 24.1. The van der Waals surface area contributed by atoms with Gasteiger partial charge in [0.2, 0.25) is 0 Å². The molecule has 0 bridgehead atoms. The Kier molecular flexibility index (Phi) is 9.31. The van der Waals surface area contributed by atoms with Crippen LogP contribution in [0.1, 0.15) is 59.1 Å². The highest BCUT2D eigenvalue weighted by Gasteiger charge is 2.59. The zero-order valence-corrected chi connectivity index (χ0v) is 22.9. The van der Waals surface area contributed by atoms with Gasteiger partial charge in [-0.25, -0.2) is 4.67 Å². The molecule has 2 aromatic carbocycles. The lowest BCUT2D eigenvalue weighted by atomic mass is 9.80. The van der Waals surface area contributed by atoms with E-state index in [1.165, 1.54) is 11.1 Å². The summed E-state index contributed by atoms with van der Waals surface area (Å²) in [5.74, 6) is 0. The first-order valence-electron chi connectivity index (χ1n) is 11.5. The summed E-state index contributed by atoms with van der Waals surface area (Å²) in [7, 11) is 2.40. The Balaban J connectivity index is 2.11. The number of benzene rings is 2. The number of rotatable bonds is 10. The molecule has 0 amide bonds. The van der Waals surface area contributed by atoms with Gasteiger partial charge in [-0.05, 0) is 52.7 Å². The zero-order valence-electron chi connectivity index (χ0n) is 20.4. The van der Waals surface area contributed by atoms with Gasteiger partial charge in [0.15, 0.2) is 0 Å². The van der Waals surface area contributed by atoms with Crippen molar-refractivity contribution in [3.8, 4) is 6.07 Å². The van der Waals surface area contributed by atoms with Crippen LogP contribution in [0.15, 0.2) is 60.7 Å². The largest absolute Gasteiger partial charge is 0.321 e. The third-order valence-electron chi connectivity index (χ3n) is 5.65. The molecule has 3 rings (SSSR count). The Bertz CT molecular complexity index is 871. The van der Waals surface area contributed by atoms with E-state index in [2.05, 4.69) is 113 Å². The maximum absolute atomic E-state index is 9.10. The van der Waals surface area contributed by atoms with Crippen LogP contribution in [0.2, 0.25) is 0 Å². The molecule has 4 nitrogen and oxygen atoms in total. The molecule has 0 aromatic heterocycles. The highest BCUT2D eigenvalue weighted by molar-refractivity contribution is 8.78. The van der Waals surface area contributed by atoms with Crippen LogP contribution in [0.25, 0.3) is 0 Å². The van der Waals surface area contributed by atoms with Crippen LogP contribution in [-0.4, -0.2) is 34.2 Å². The summed E-state index contributed by atoms with van der Waals surface area (Å²) >= 11 is 0. The van der Waals surface area contributed by atoms with Gasteiger partial charge in [-0.15, -0.1) is 0 Å². The molecular weight excluding hydrogens is 467 g/mol. The average molecular weight is 503 g/mol.